The summed E-state index contributed by atoms with van der Waals surface area (Å²) in [6.07, 6.45) is 1.51. The highest BCUT2D eigenvalue weighted by Gasteiger charge is 2.12. The SMILES string of the molecule is O=C(COC(=O)c1ccc([N+](=O)[O-])cc1)Nc1ccccn1. The molecule has 2 rings (SSSR count). The fourth-order valence-corrected chi connectivity index (χ4v) is 1.55. The Kier molecular flexibility index (Phi) is 4.76. The van der Waals surface area contributed by atoms with Crippen molar-refractivity contribution in [2.45, 2.75) is 0 Å². The van der Waals surface area contributed by atoms with Crippen LogP contribution in [0.15, 0.2) is 48.7 Å². The zero-order valence-electron chi connectivity index (χ0n) is 11.3. The van der Waals surface area contributed by atoms with E-state index in [9.17, 15) is 19.7 Å². The second kappa shape index (κ2) is 6.93. The van der Waals surface area contributed by atoms with Crippen LogP contribution >= 0.6 is 0 Å². The van der Waals surface area contributed by atoms with Gasteiger partial charge in [0, 0.05) is 18.3 Å². The lowest BCUT2D eigenvalue weighted by Gasteiger charge is -2.05. The van der Waals surface area contributed by atoms with Crippen LogP contribution in [0, 0.1) is 10.1 Å². The summed E-state index contributed by atoms with van der Waals surface area (Å²) in [7, 11) is 0. The Morgan fingerprint density at radius 3 is 2.50 bits per heavy atom. The third-order valence-corrected chi connectivity index (χ3v) is 2.58. The minimum Gasteiger partial charge on any atom is -0.452 e. The van der Waals surface area contributed by atoms with Crippen molar-refractivity contribution in [3.63, 3.8) is 0 Å². The van der Waals surface area contributed by atoms with Crippen LogP contribution in [-0.4, -0.2) is 28.4 Å². The van der Waals surface area contributed by atoms with Crippen molar-refractivity contribution in [1.29, 1.82) is 0 Å². The number of nitrogens with one attached hydrogen (secondary N) is 1. The summed E-state index contributed by atoms with van der Waals surface area (Å²) >= 11 is 0. The third-order valence-electron chi connectivity index (χ3n) is 2.58. The Hall–Kier alpha value is -3.29. The summed E-state index contributed by atoms with van der Waals surface area (Å²) in [5.74, 6) is -0.932. The van der Waals surface area contributed by atoms with E-state index in [-0.39, 0.29) is 11.3 Å². The van der Waals surface area contributed by atoms with Gasteiger partial charge in [0.1, 0.15) is 5.82 Å². The molecule has 0 unspecified atom stereocenters. The number of nitro benzene ring substituents is 1. The molecule has 1 aromatic carbocycles. The average molecular weight is 301 g/mol. The maximum atomic E-state index is 11.7. The number of rotatable bonds is 5. The van der Waals surface area contributed by atoms with Crippen LogP contribution < -0.4 is 5.32 Å². The number of ether oxygens (including phenoxy) is 1. The molecule has 0 saturated heterocycles. The number of nitrogens with zero attached hydrogens (tertiary/aromatic N) is 2. The van der Waals surface area contributed by atoms with Gasteiger partial charge in [-0.25, -0.2) is 9.78 Å². The van der Waals surface area contributed by atoms with E-state index in [4.69, 9.17) is 4.74 Å². The summed E-state index contributed by atoms with van der Waals surface area (Å²) in [6.45, 7) is -0.480. The molecule has 22 heavy (non-hydrogen) atoms. The average Bonchev–Trinajstić information content (AvgIpc) is 2.53. The number of pyridine rings is 1. The summed E-state index contributed by atoms with van der Waals surface area (Å²) in [4.78, 5) is 37.1. The Morgan fingerprint density at radius 2 is 1.91 bits per heavy atom. The molecule has 8 nitrogen and oxygen atoms in total. The van der Waals surface area contributed by atoms with Crippen molar-refractivity contribution < 1.29 is 19.2 Å². The van der Waals surface area contributed by atoms with Crippen LogP contribution in [0.2, 0.25) is 0 Å². The van der Waals surface area contributed by atoms with E-state index in [2.05, 4.69) is 10.3 Å². The van der Waals surface area contributed by atoms with Gasteiger partial charge in [-0.15, -0.1) is 0 Å². The Bertz CT molecular complexity index is 685. The molecule has 0 radical (unpaired) electrons. The van der Waals surface area contributed by atoms with E-state index >= 15 is 0 Å². The number of carbonyl (C=O) groups excluding carboxylic acids is 2. The van der Waals surface area contributed by atoms with Crippen molar-refractivity contribution in [1.82, 2.24) is 4.98 Å². The van der Waals surface area contributed by atoms with Gasteiger partial charge in [0.05, 0.1) is 10.5 Å². The molecule has 0 aliphatic heterocycles. The van der Waals surface area contributed by atoms with Crippen molar-refractivity contribution in [2.24, 2.45) is 0 Å². The quantitative estimate of drug-likeness (QED) is 0.512. The van der Waals surface area contributed by atoms with Crippen LogP contribution in [0.1, 0.15) is 10.4 Å². The monoisotopic (exact) mass is 301 g/mol. The molecular weight excluding hydrogens is 290 g/mol. The van der Waals surface area contributed by atoms with Crippen LogP contribution in [0.25, 0.3) is 0 Å². The smallest absolute Gasteiger partial charge is 0.338 e. The maximum Gasteiger partial charge on any atom is 0.338 e. The van der Waals surface area contributed by atoms with Gasteiger partial charge in [-0.05, 0) is 24.3 Å². The molecule has 1 heterocycles. The molecule has 0 fully saturated rings. The van der Waals surface area contributed by atoms with Crippen molar-refractivity contribution in [2.75, 3.05) is 11.9 Å². The highest BCUT2D eigenvalue weighted by atomic mass is 16.6. The first-order valence-electron chi connectivity index (χ1n) is 6.19. The lowest BCUT2D eigenvalue weighted by molar-refractivity contribution is -0.384. The number of hydrogen-bond donors (Lipinski definition) is 1. The Morgan fingerprint density at radius 1 is 1.18 bits per heavy atom. The van der Waals surface area contributed by atoms with Crippen LogP contribution in [0.3, 0.4) is 0 Å². The highest BCUT2D eigenvalue weighted by Crippen LogP contribution is 2.12. The first kappa shape index (κ1) is 15.1. The molecule has 0 saturated carbocycles. The highest BCUT2D eigenvalue weighted by molar-refractivity contribution is 5.95. The van der Waals surface area contributed by atoms with Gasteiger partial charge in [-0.2, -0.15) is 0 Å². The lowest BCUT2D eigenvalue weighted by Crippen LogP contribution is -2.21. The summed E-state index contributed by atoms with van der Waals surface area (Å²) in [5.41, 5.74) is -0.0133. The zero-order valence-corrected chi connectivity index (χ0v) is 11.3. The number of benzene rings is 1. The summed E-state index contributed by atoms with van der Waals surface area (Å²) in [6, 6.07) is 9.88. The number of nitro groups is 1. The third kappa shape index (κ3) is 4.10. The number of esters is 1. The first-order valence-corrected chi connectivity index (χ1v) is 6.19. The van der Waals surface area contributed by atoms with Gasteiger partial charge in [0.2, 0.25) is 0 Å². The topological polar surface area (TPSA) is 111 Å². The molecule has 2 aromatic rings. The maximum absolute atomic E-state index is 11.7. The van der Waals surface area contributed by atoms with Crippen LogP contribution in [0.4, 0.5) is 11.5 Å². The largest absolute Gasteiger partial charge is 0.452 e. The predicted molar refractivity (Wildman–Crippen MR) is 76.2 cm³/mol. The van der Waals surface area contributed by atoms with Gasteiger partial charge >= 0.3 is 5.97 Å². The second-order valence-corrected chi connectivity index (χ2v) is 4.14. The van der Waals surface area contributed by atoms with E-state index in [1.54, 1.807) is 18.2 Å². The molecule has 112 valence electrons. The van der Waals surface area contributed by atoms with Crippen LogP contribution in [-0.2, 0) is 9.53 Å². The molecule has 8 heteroatoms. The number of amides is 1. The fraction of sp³-hybridized carbons (Fsp3) is 0.0714. The molecule has 0 aliphatic carbocycles. The van der Waals surface area contributed by atoms with Gasteiger partial charge in [-0.1, -0.05) is 6.07 Å². The van der Waals surface area contributed by atoms with E-state index in [1.807, 2.05) is 0 Å². The number of hydrogen-bond acceptors (Lipinski definition) is 6. The molecular formula is C14H11N3O5. The molecule has 0 spiro atoms. The lowest BCUT2D eigenvalue weighted by atomic mass is 10.2. The Labute approximate surface area is 124 Å². The molecule has 1 amide bonds. The zero-order chi connectivity index (χ0) is 15.9. The Balaban J connectivity index is 1.87. The van der Waals surface area contributed by atoms with Crippen molar-refractivity contribution >= 4 is 23.4 Å². The van der Waals surface area contributed by atoms with E-state index in [0.717, 1.165) is 0 Å². The van der Waals surface area contributed by atoms with E-state index in [1.165, 1.54) is 30.5 Å². The molecule has 0 atom stereocenters. The van der Waals surface area contributed by atoms with Gasteiger partial charge < -0.3 is 10.1 Å². The molecule has 1 aromatic heterocycles. The minimum atomic E-state index is -0.744. The van der Waals surface area contributed by atoms with E-state index < -0.39 is 23.4 Å². The van der Waals surface area contributed by atoms with Crippen molar-refractivity contribution in [3.8, 4) is 0 Å². The van der Waals surface area contributed by atoms with Gasteiger partial charge in [0.15, 0.2) is 6.61 Å². The number of aromatic nitrogens is 1. The number of non-ortho nitro benzene ring substituents is 1. The minimum absolute atomic E-state index is 0.122. The summed E-state index contributed by atoms with van der Waals surface area (Å²) in [5, 5.41) is 13.0. The predicted octanol–water partition coefficient (Wildman–Crippen LogP) is 1.79. The molecule has 0 bridgehead atoms. The van der Waals surface area contributed by atoms with Gasteiger partial charge in [0.25, 0.3) is 11.6 Å². The van der Waals surface area contributed by atoms with Gasteiger partial charge in [-0.3, -0.25) is 14.9 Å². The number of carbonyl (C=O) groups is 2. The molecule has 1 N–H and O–H groups in total. The van der Waals surface area contributed by atoms with E-state index in [0.29, 0.717) is 5.82 Å². The standard InChI is InChI=1S/C14H11N3O5/c18-13(16-12-3-1-2-8-15-12)9-22-14(19)10-4-6-11(7-5-10)17(20)21/h1-8H,9H2,(H,15,16,18). The number of anilines is 1. The summed E-state index contributed by atoms with van der Waals surface area (Å²) < 4.78 is 4.81. The fourth-order valence-electron chi connectivity index (χ4n) is 1.55. The van der Waals surface area contributed by atoms with Crippen LogP contribution in [0.5, 0.6) is 0 Å². The van der Waals surface area contributed by atoms with Crippen molar-refractivity contribution in [3.05, 3.63) is 64.3 Å². The normalized spacial score (nSPS) is 9.82. The second-order valence-electron chi connectivity index (χ2n) is 4.14. The first-order chi connectivity index (χ1) is 10.6. The molecule has 0 aliphatic rings.